The highest BCUT2D eigenvalue weighted by molar-refractivity contribution is 7.91. The highest BCUT2D eigenvalue weighted by Gasteiger charge is 2.23. The summed E-state index contributed by atoms with van der Waals surface area (Å²) in [5.74, 6) is -0.634. The van der Waals surface area contributed by atoms with Gasteiger partial charge < -0.3 is 9.47 Å². The maximum atomic E-state index is 13.3. The zero-order chi connectivity index (χ0) is 27.6. The molecule has 0 spiro atoms. The summed E-state index contributed by atoms with van der Waals surface area (Å²) in [5, 5.41) is 4.56. The summed E-state index contributed by atoms with van der Waals surface area (Å²) in [5.41, 5.74) is 1.41. The Hall–Kier alpha value is -4.36. The van der Waals surface area contributed by atoms with E-state index in [9.17, 15) is 16.8 Å². The molecular formula is C26H23N5O6S2. The van der Waals surface area contributed by atoms with E-state index < -0.39 is 31.2 Å². The minimum atomic E-state index is -3.78. The molecule has 0 saturated heterocycles. The molecule has 0 aliphatic heterocycles. The average Bonchev–Trinajstić information content (AvgIpc) is 3.35. The molecule has 0 N–H and O–H groups in total. The van der Waals surface area contributed by atoms with Crippen LogP contribution in [-0.2, 0) is 31.2 Å². The van der Waals surface area contributed by atoms with Crippen molar-refractivity contribution in [3.63, 3.8) is 0 Å². The number of benzene rings is 2. The van der Waals surface area contributed by atoms with Crippen molar-refractivity contribution in [2.24, 2.45) is 0 Å². The minimum Gasteiger partial charge on any atom is -0.480 e. The standard InChI is InChI=1S/C26H23N5O6S2/c1-36-25-22(14-27-26(29-25)37-2)23-13-18(16-38(32,33)20-9-5-3-6-10-20)24-28-19(15-31(24)30-23)17-39(34,35)21-11-7-4-8-12-21/h3-15H,16-17H2,1-2H3. The lowest BCUT2D eigenvalue weighted by Crippen LogP contribution is -2.08. The molecule has 0 unspecified atom stereocenters. The van der Waals surface area contributed by atoms with E-state index in [0.717, 1.165) is 0 Å². The van der Waals surface area contributed by atoms with Gasteiger partial charge in [-0.05, 0) is 30.3 Å². The fourth-order valence-electron chi connectivity index (χ4n) is 4.00. The van der Waals surface area contributed by atoms with Crippen molar-refractivity contribution in [3.8, 4) is 23.1 Å². The molecule has 5 aromatic rings. The Bertz CT molecular complexity index is 1860. The van der Waals surface area contributed by atoms with Crippen molar-refractivity contribution in [2.45, 2.75) is 21.3 Å². The molecule has 0 amide bonds. The van der Waals surface area contributed by atoms with Crippen LogP contribution in [0.2, 0.25) is 0 Å². The molecule has 3 heterocycles. The molecule has 11 nitrogen and oxygen atoms in total. The third kappa shape index (κ3) is 5.45. The maximum absolute atomic E-state index is 13.3. The molecule has 39 heavy (non-hydrogen) atoms. The number of ether oxygens (including phenoxy) is 2. The molecule has 200 valence electrons. The molecule has 0 atom stereocenters. The molecule has 0 bridgehead atoms. The van der Waals surface area contributed by atoms with Crippen LogP contribution in [0.15, 0.2) is 88.9 Å². The first-order valence-corrected chi connectivity index (χ1v) is 14.9. The lowest BCUT2D eigenvalue weighted by molar-refractivity contribution is 0.353. The fraction of sp³-hybridized carbons (Fsp3) is 0.154. The second-order valence-electron chi connectivity index (χ2n) is 8.48. The van der Waals surface area contributed by atoms with Crippen molar-refractivity contribution in [2.75, 3.05) is 14.2 Å². The van der Waals surface area contributed by atoms with E-state index in [-0.39, 0.29) is 33.0 Å². The number of rotatable bonds is 9. The highest BCUT2D eigenvalue weighted by Crippen LogP contribution is 2.30. The second-order valence-corrected chi connectivity index (χ2v) is 12.5. The van der Waals surface area contributed by atoms with Gasteiger partial charge in [-0.25, -0.2) is 31.3 Å². The summed E-state index contributed by atoms with van der Waals surface area (Å²) >= 11 is 0. The van der Waals surface area contributed by atoms with Gasteiger partial charge in [-0.2, -0.15) is 10.1 Å². The molecule has 13 heteroatoms. The number of imidazole rings is 1. The predicted octanol–water partition coefficient (Wildman–Crippen LogP) is 3.15. The number of aromatic nitrogens is 5. The van der Waals surface area contributed by atoms with Gasteiger partial charge in [-0.3, -0.25) is 0 Å². The zero-order valence-corrected chi connectivity index (χ0v) is 22.6. The molecule has 5 rings (SSSR count). The van der Waals surface area contributed by atoms with Crippen LogP contribution in [0.4, 0.5) is 0 Å². The molecule has 0 radical (unpaired) electrons. The topological polar surface area (TPSA) is 143 Å². The molecule has 0 saturated carbocycles. The smallest absolute Gasteiger partial charge is 0.319 e. The highest BCUT2D eigenvalue weighted by atomic mass is 32.2. The fourth-order valence-corrected chi connectivity index (χ4v) is 6.63. The van der Waals surface area contributed by atoms with Crippen molar-refractivity contribution < 1.29 is 26.3 Å². The Balaban J connectivity index is 1.65. The van der Waals surface area contributed by atoms with Gasteiger partial charge in [0.1, 0.15) is 0 Å². The van der Waals surface area contributed by atoms with E-state index in [4.69, 9.17) is 9.47 Å². The van der Waals surface area contributed by atoms with Gasteiger partial charge in [0, 0.05) is 11.8 Å². The summed E-state index contributed by atoms with van der Waals surface area (Å²) in [6, 6.07) is 17.7. The predicted molar refractivity (Wildman–Crippen MR) is 142 cm³/mol. The molecule has 0 aliphatic carbocycles. The quantitative estimate of drug-likeness (QED) is 0.261. The van der Waals surface area contributed by atoms with E-state index in [2.05, 4.69) is 20.1 Å². The Kier molecular flexibility index (Phi) is 7.02. The zero-order valence-electron chi connectivity index (χ0n) is 20.9. The largest absolute Gasteiger partial charge is 0.480 e. The Morgan fingerprint density at radius 3 is 2.00 bits per heavy atom. The van der Waals surface area contributed by atoms with Gasteiger partial charge in [0.2, 0.25) is 5.88 Å². The third-order valence-corrected chi connectivity index (χ3v) is 9.17. The molecule has 3 aromatic heterocycles. The first-order chi connectivity index (χ1) is 18.7. The van der Waals surface area contributed by atoms with Crippen LogP contribution in [0, 0.1) is 0 Å². The Morgan fingerprint density at radius 1 is 0.795 bits per heavy atom. The summed E-state index contributed by atoms with van der Waals surface area (Å²) < 4.78 is 64.4. The van der Waals surface area contributed by atoms with Crippen LogP contribution >= 0.6 is 0 Å². The van der Waals surface area contributed by atoms with Crippen LogP contribution in [-0.4, -0.2) is 55.6 Å². The number of methoxy groups -OCH3 is 2. The maximum Gasteiger partial charge on any atom is 0.319 e. The minimum absolute atomic E-state index is 0.0830. The van der Waals surface area contributed by atoms with Gasteiger partial charge >= 0.3 is 6.01 Å². The number of hydrogen-bond donors (Lipinski definition) is 0. The second kappa shape index (κ2) is 10.4. The lowest BCUT2D eigenvalue weighted by Gasteiger charge is -2.11. The summed E-state index contributed by atoms with van der Waals surface area (Å²) in [6.45, 7) is 0. The van der Waals surface area contributed by atoms with Crippen LogP contribution in [0.1, 0.15) is 11.3 Å². The number of fused-ring (bicyclic) bond motifs is 1. The molecule has 0 fully saturated rings. The average molecular weight is 566 g/mol. The normalized spacial score (nSPS) is 11.9. The van der Waals surface area contributed by atoms with E-state index >= 15 is 0 Å². The van der Waals surface area contributed by atoms with Gasteiger partial charge in [0.25, 0.3) is 0 Å². The number of hydrogen-bond acceptors (Lipinski definition) is 10. The summed E-state index contributed by atoms with van der Waals surface area (Å²) in [4.78, 5) is 13.1. The van der Waals surface area contributed by atoms with Crippen molar-refractivity contribution in [1.82, 2.24) is 24.6 Å². The van der Waals surface area contributed by atoms with Crippen LogP contribution in [0.25, 0.3) is 16.9 Å². The number of sulfone groups is 2. The van der Waals surface area contributed by atoms with Crippen LogP contribution in [0.3, 0.4) is 0 Å². The number of nitrogens with zero attached hydrogens (tertiary/aromatic N) is 5. The van der Waals surface area contributed by atoms with E-state index in [1.54, 1.807) is 42.5 Å². The third-order valence-electron chi connectivity index (χ3n) is 5.82. The molecule has 2 aromatic carbocycles. The van der Waals surface area contributed by atoms with Crippen molar-refractivity contribution >= 4 is 25.3 Å². The summed E-state index contributed by atoms with van der Waals surface area (Å²) in [6.07, 6.45) is 2.92. The van der Waals surface area contributed by atoms with E-state index in [0.29, 0.717) is 16.8 Å². The first kappa shape index (κ1) is 26.3. The van der Waals surface area contributed by atoms with Crippen LogP contribution in [0.5, 0.6) is 11.9 Å². The van der Waals surface area contributed by atoms with E-state index in [1.165, 1.54) is 55.4 Å². The van der Waals surface area contributed by atoms with Crippen LogP contribution < -0.4 is 9.47 Å². The van der Waals surface area contributed by atoms with Gasteiger partial charge in [-0.1, -0.05) is 36.4 Å². The van der Waals surface area contributed by atoms with E-state index in [1.807, 2.05) is 0 Å². The van der Waals surface area contributed by atoms with Gasteiger partial charge in [0.05, 0.1) is 58.7 Å². The lowest BCUT2D eigenvalue weighted by atomic mass is 10.2. The monoisotopic (exact) mass is 565 g/mol. The summed E-state index contributed by atoms with van der Waals surface area (Å²) in [7, 11) is -4.65. The SMILES string of the molecule is COc1ncc(-c2cc(CS(=O)(=O)c3ccccc3)c3nc(CS(=O)(=O)c4ccccc4)cn3n2)c(OC)n1. The molecular weight excluding hydrogens is 542 g/mol. The first-order valence-electron chi connectivity index (χ1n) is 11.6. The Labute approximate surface area is 225 Å². The van der Waals surface area contributed by atoms with Crippen molar-refractivity contribution in [1.29, 1.82) is 0 Å². The van der Waals surface area contributed by atoms with Gasteiger partial charge in [0.15, 0.2) is 25.3 Å². The Morgan fingerprint density at radius 2 is 1.41 bits per heavy atom. The van der Waals surface area contributed by atoms with Gasteiger partial charge in [-0.15, -0.1) is 0 Å². The van der Waals surface area contributed by atoms with Crippen molar-refractivity contribution in [3.05, 3.63) is 90.4 Å². The molecule has 0 aliphatic rings.